The molecule has 3 aromatic rings. The van der Waals surface area contributed by atoms with Crippen LogP contribution in [0, 0.1) is 17.1 Å². The molecule has 2 heterocycles. The molecule has 0 amide bonds. The van der Waals surface area contributed by atoms with E-state index < -0.39 is 0 Å². The molecule has 0 saturated carbocycles. The van der Waals surface area contributed by atoms with Crippen molar-refractivity contribution in [3.05, 3.63) is 52.5 Å². The third-order valence-corrected chi connectivity index (χ3v) is 3.38. The van der Waals surface area contributed by atoms with Crippen LogP contribution in [0.1, 0.15) is 5.69 Å². The highest BCUT2D eigenvalue weighted by molar-refractivity contribution is 9.10. The van der Waals surface area contributed by atoms with E-state index in [2.05, 4.69) is 31.1 Å². The lowest BCUT2D eigenvalue weighted by molar-refractivity contribution is 0.432. The maximum Gasteiger partial charge on any atom is 0.258 e. The summed E-state index contributed by atoms with van der Waals surface area (Å²) >= 11 is 3.26. The van der Waals surface area contributed by atoms with Crippen LogP contribution in [0.3, 0.4) is 0 Å². The molecule has 3 rings (SSSR count). The van der Waals surface area contributed by atoms with E-state index in [1.807, 2.05) is 6.07 Å². The smallest absolute Gasteiger partial charge is 0.258 e. The molecule has 0 aliphatic carbocycles. The zero-order valence-corrected chi connectivity index (χ0v) is 12.0. The molecule has 0 spiro atoms. The van der Waals surface area contributed by atoms with E-state index in [1.165, 1.54) is 18.3 Å². The van der Waals surface area contributed by atoms with Gasteiger partial charge in [-0.2, -0.15) is 10.2 Å². The van der Waals surface area contributed by atoms with Crippen LogP contribution in [0.25, 0.3) is 22.8 Å². The maximum atomic E-state index is 13.1. The lowest BCUT2D eigenvalue weighted by atomic mass is 10.2. The lowest BCUT2D eigenvalue weighted by Gasteiger charge is -1.98. The Bertz CT molecular complexity index is 856. The number of nitriles is 1. The van der Waals surface area contributed by atoms with Crippen LogP contribution in [-0.4, -0.2) is 15.1 Å². The standard InChI is InChI=1S/C14H6BrFN4O/c15-12-6-9(16)1-2-11(12)13-19-14(21-20-13)8-3-4-18-10(5-8)7-17/h1-6H. The molecule has 102 valence electrons. The van der Waals surface area contributed by atoms with E-state index in [0.717, 1.165) is 0 Å². The number of aromatic nitrogens is 3. The number of rotatable bonds is 2. The molecule has 0 saturated heterocycles. The number of benzene rings is 1. The summed E-state index contributed by atoms with van der Waals surface area (Å²) in [6.07, 6.45) is 1.49. The summed E-state index contributed by atoms with van der Waals surface area (Å²) in [5.41, 5.74) is 1.47. The van der Waals surface area contributed by atoms with Crippen molar-refractivity contribution in [2.45, 2.75) is 0 Å². The highest BCUT2D eigenvalue weighted by atomic mass is 79.9. The highest BCUT2D eigenvalue weighted by Crippen LogP contribution is 2.28. The van der Waals surface area contributed by atoms with Gasteiger partial charge in [-0.25, -0.2) is 9.37 Å². The second kappa shape index (κ2) is 5.42. The van der Waals surface area contributed by atoms with Crippen LogP contribution in [0.2, 0.25) is 0 Å². The van der Waals surface area contributed by atoms with E-state index >= 15 is 0 Å². The van der Waals surface area contributed by atoms with E-state index in [4.69, 9.17) is 9.78 Å². The fraction of sp³-hybridized carbons (Fsp3) is 0. The first-order valence-electron chi connectivity index (χ1n) is 5.83. The van der Waals surface area contributed by atoms with Crippen molar-refractivity contribution in [1.29, 1.82) is 5.26 Å². The van der Waals surface area contributed by atoms with Gasteiger partial charge in [-0.15, -0.1) is 0 Å². The molecule has 0 unspecified atom stereocenters. The fourth-order valence-corrected chi connectivity index (χ4v) is 2.27. The zero-order chi connectivity index (χ0) is 14.8. The largest absolute Gasteiger partial charge is 0.334 e. The normalized spacial score (nSPS) is 10.3. The Morgan fingerprint density at radius 2 is 2.10 bits per heavy atom. The Hall–Kier alpha value is -2.59. The molecule has 0 aliphatic heterocycles. The Morgan fingerprint density at radius 3 is 2.86 bits per heavy atom. The number of hydrogen-bond acceptors (Lipinski definition) is 5. The molecule has 0 aliphatic rings. The second-order valence-corrected chi connectivity index (χ2v) is 4.94. The Labute approximate surface area is 127 Å². The molecule has 0 bridgehead atoms. The molecule has 21 heavy (non-hydrogen) atoms. The minimum atomic E-state index is -0.359. The predicted molar refractivity (Wildman–Crippen MR) is 75.3 cm³/mol. The van der Waals surface area contributed by atoms with Crippen molar-refractivity contribution in [2.24, 2.45) is 0 Å². The van der Waals surface area contributed by atoms with Crippen molar-refractivity contribution < 1.29 is 8.91 Å². The van der Waals surface area contributed by atoms with Crippen LogP contribution >= 0.6 is 15.9 Å². The summed E-state index contributed by atoms with van der Waals surface area (Å²) in [5.74, 6) is 0.231. The molecule has 5 nitrogen and oxygen atoms in total. The molecule has 0 radical (unpaired) electrons. The average Bonchev–Trinajstić information content (AvgIpc) is 2.97. The topological polar surface area (TPSA) is 75.6 Å². The van der Waals surface area contributed by atoms with Crippen molar-refractivity contribution >= 4 is 15.9 Å². The van der Waals surface area contributed by atoms with Gasteiger partial charge in [0.25, 0.3) is 5.89 Å². The van der Waals surface area contributed by atoms with Gasteiger partial charge in [0.15, 0.2) is 0 Å². The summed E-state index contributed by atoms with van der Waals surface area (Å²) in [5, 5.41) is 12.7. The molecular formula is C14H6BrFN4O. The Morgan fingerprint density at radius 1 is 1.24 bits per heavy atom. The number of pyridine rings is 1. The first-order valence-corrected chi connectivity index (χ1v) is 6.62. The number of hydrogen-bond donors (Lipinski definition) is 0. The van der Waals surface area contributed by atoms with E-state index in [9.17, 15) is 4.39 Å². The third kappa shape index (κ3) is 2.66. The van der Waals surface area contributed by atoms with Crippen molar-refractivity contribution in [3.63, 3.8) is 0 Å². The van der Waals surface area contributed by atoms with Gasteiger partial charge in [0.1, 0.15) is 17.6 Å². The second-order valence-electron chi connectivity index (χ2n) is 4.09. The first kappa shape index (κ1) is 13.4. The van der Waals surface area contributed by atoms with Gasteiger partial charge >= 0.3 is 0 Å². The van der Waals surface area contributed by atoms with Crippen molar-refractivity contribution in [1.82, 2.24) is 15.1 Å². The summed E-state index contributed by atoms with van der Waals surface area (Å²) < 4.78 is 18.8. The summed E-state index contributed by atoms with van der Waals surface area (Å²) in [6, 6.07) is 9.36. The number of nitrogens with zero attached hydrogens (tertiary/aromatic N) is 4. The molecule has 7 heteroatoms. The number of halogens is 2. The van der Waals surface area contributed by atoms with Gasteiger partial charge in [0, 0.05) is 21.8 Å². The van der Waals surface area contributed by atoms with Crippen molar-refractivity contribution in [3.8, 4) is 28.9 Å². The minimum absolute atomic E-state index is 0.259. The third-order valence-electron chi connectivity index (χ3n) is 2.72. The fourth-order valence-electron chi connectivity index (χ4n) is 1.75. The predicted octanol–water partition coefficient (Wildman–Crippen LogP) is 3.57. The van der Waals surface area contributed by atoms with E-state index in [0.29, 0.717) is 21.4 Å². The van der Waals surface area contributed by atoms with Gasteiger partial charge in [-0.05, 0) is 46.3 Å². The van der Waals surface area contributed by atoms with E-state index in [-0.39, 0.29) is 17.4 Å². The van der Waals surface area contributed by atoms with Crippen LogP contribution in [0.4, 0.5) is 4.39 Å². The first-order chi connectivity index (χ1) is 10.2. The lowest BCUT2D eigenvalue weighted by Crippen LogP contribution is -1.86. The van der Waals surface area contributed by atoms with Crippen molar-refractivity contribution in [2.75, 3.05) is 0 Å². The Kier molecular flexibility index (Phi) is 3.46. The highest BCUT2D eigenvalue weighted by Gasteiger charge is 2.14. The summed E-state index contributed by atoms with van der Waals surface area (Å²) in [4.78, 5) is 8.12. The molecule has 1 aromatic carbocycles. The summed E-state index contributed by atoms with van der Waals surface area (Å²) in [7, 11) is 0. The SMILES string of the molecule is N#Cc1cc(-c2nc(-c3ccc(F)cc3Br)no2)ccn1. The van der Waals surface area contributed by atoms with Crippen LogP contribution < -0.4 is 0 Å². The average molecular weight is 345 g/mol. The van der Waals surface area contributed by atoms with Crippen LogP contribution in [-0.2, 0) is 0 Å². The zero-order valence-electron chi connectivity index (χ0n) is 10.4. The van der Waals surface area contributed by atoms with Gasteiger partial charge in [0.05, 0.1) is 0 Å². The summed E-state index contributed by atoms with van der Waals surface area (Å²) in [6.45, 7) is 0. The van der Waals surface area contributed by atoms with Gasteiger partial charge in [-0.3, -0.25) is 0 Å². The molecule has 0 fully saturated rings. The monoisotopic (exact) mass is 344 g/mol. The van der Waals surface area contributed by atoms with Crippen LogP contribution in [0.15, 0.2) is 45.5 Å². The van der Waals surface area contributed by atoms with Gasteiger partial charge in [0.2, 0.25) is 5.82 Å². The van der Waals surface area contributed by atoms with Crippen LogP contribution in [0.5, 0.6) is 0 Å². The van der Waals surface area contributed by atoms with Gasteiger partial charge < -0.3 is 4.52 Å². The molecule has 0 atom stereocenters. The maximum absolute atomic E-state index is 13.1. The molecular weight excluding hydrogens is 339 g/mol. The molecule has 0 N–H and O–H groups in total. The quantitative estimate of drug-likeness (QED) is 0.710. The molecule has 2 aromatic heterocycles. The Balaban J connectivity index is 2.02. The van der Waals surface area contributed by atoms with Gasteiger partial charge in [-0.1, -0.05) is 5.16 Å². The van der Waals surface area contributed by atoms with E-state index in [1.54, 1.807) is 18.2 Å². The minimum Gasteiger partial charge on any atom is -0.334 e.